The molecule has 0 spiro atoms. The van der Waals surface area contributed by atoms with E-state index in [1.165, 1.54) is 6.42 Å². The Labute approximate surface area is 154 Å². The van der Waals surface area contributed by atoms with Gasteiger partial charge in [0.2, 0.25) is 0 Å². The van der Waals surface area contributed by atoms with Gasteiger partial charge in [0, 0.05) is 63.8 Å². The highest BCUT2D eigenvalue weighted by Gasteiger charge is 2.31. The summed E-state index contributed by atoms with van der Waals surface area (Å²) in [5.74, 6) is 2.53. The van der Waals surface area contributed by atoms with E-state index in [0.29, 0.717) is 12.0 Å². The van der Waals surface area contributed by atoms with Crippen molar-refractivity contribution in [3.63, 3.8) is 0 Å². The van der Waals surface area contributed by atoms with E-state index >= 15 is 0 Å². The van der Waals surface area contributed by atoms with Crippen LogP contribution < -0.4 is 10.2 Å². The van der Waals surface area contributed by atoms with Gasteiger partial charge in [0.15, 0.2) is 5.82 Å². The summed E-state index contributed by atoms with van der Waals surface area (Å²) in [4.78, 5) is 6.84. The average Bonchev–Trinajstić information content (AvgIpc) is 3.13. The van der Waals surface area contributed by atoms with Gasteiger partial charge in [-0.25, -0.2) is 4.98 Å². The predicted octanol–water partition coefficient (Wildman–Crippen LogP) is 1.94. The molecule has 1 N–H and O–H groups in total. The Kier molecular flexibility index (Phi) is 5.45. The Bertz CT molecular complexity index is 682. The molecule has 7 heteroatoms. The first-order valence-electron chi connectivity index (χ1n) is 9.66. The number of hydrogen-bond acceptors (Lipinski definition) is 6. The largest absolute Gasteiger partial charge is 0.370 e. The molecule has 2 saturated heterocycles. The van der Waals surface area contributed by atoms with Crippen LogP contribution in [0, 0.1) is 5.92 Å². The molecule has 0 saturated carbocycles. The number of hydrogen-bond donors (Lipinski definition) is 1. The third kappa shape index (κ3) is 3.88. The number of anilines is 1. The number of imidazole rings is 1. The zero-order valence-corrected chi connectivity index (χ0v) is 15.4. The molecule has 4 heterocycles. The molecule has 0 aromatic carbocycles. The lowest BCUT2D eigenvalue weighted by Crippen LogP contribution is -2.45. The SMILES string of the molecule is Cn1ccnc1[C@@H]1OCCC[C@H]1CNC1CCN(c2cccnn2)CC1. The summed E-state index contributed by atoms with van der Waals surface area (Å²) < 4.78 is 8.17. The highest BCUT2D eigenvalue weighted by molar-refractivity contribution is 5.36. The molecule has 2 atom stereocenters. The summed E-state index contributed by atoms with van der Waals surface area (Å²) >= 11 is 0. The molecule has 2 aliphatic rings. The molecule has 0 aliphatic carbocycles. The molecule has 0 bridgehead atoms. The van der Waals surface area contributed by atoms with E-state index in [0.717, 1.165) is 57.1 Å². The van der Waals surface area contributed by atoms with Gasteiger partial charge in [-0.2, -0.15) is 5.10 Å². The van der Waals surface area contributed by atoms with Crippen LogP contribution in [0.1, 0.15) is 37.6 Å². The number of aryl methyl sites for hydroxylation is 1. The lowest BCUT2D eigenvalue weighted by Gasteiger charge is -2.36. The van der Waals surface area contributed by atoms with Crippen molar-refractivity contribution in [3.05, 3.63) is 36.5 Å². The van der Waals surface area contributed by atoms with E-state index in [9.17, 15) is 0 Å². The molecule has 4 rings (SSSR count). The van der Waals surface area contributed by atoms with E-state index in [-0.39, 0.29) is 6.10 Å². The van der Waals surface area contributed by atoms with Crippen molar-refractivity contribution in [2.45, 2.75) is 37.8 Å². The van der Waals surface area contributed by atoms with E-state index in [4.69, 9.17) is 4.74 Å². The minimum atomic E-state index is 0.107. The first-order chi connectivity index (χ1) is 12.8. The van der Waals surface area contributed by atoms with E-state index < -0.39 is 0 Å². The van der Waals surface area contributed by atoms with Crippen LogP contribution in [0.25, 0.3) is 0 Å². The van der Waals surface area contributed by atoms with Crippen molar-refractivity contribution in [2.75, 3.05) is 31.1 Å². The summed E-state index contributed by atoms with van der Waals surface area (Å²) in [6, 6.07) is 4.55. The molecule has 2 aromatic heterocycles. The minimum Gasteiger partial charge on any atom is -0.370 e. The maximum absolute atomic E-state index is 6.08. The van der Waals surface area contributed by atoms with Crippen LogP contribution in [-0.4, -0.2) is 52.0 Å². The number of aromatic nitrogens is 4. The standard InChI is InChI=1S/C19H28N6O/c1-24-12-9-20-19(24)18-15(4-3-13-26-18)14-21-16-6-10-25(11-7-16)17-5-2-8-22-23-17/h2,5,8-9,12,15-16,18,21H,3-4,6-7,10-11,13-14H2,1H3/t15-,18+/m0/s1. The van der Waals surface area contributed by atoms with Crippen LogP contribution in [0.2, 0.25) is 0 Å². The van der Waals surface area contributed by atoms with Gasteiger partial charge in [-0.15, -0.1) is 5.10 Å². The van der Waals surface area contributed by atoms with Crippen LogP contribution >= 0.6 is 0 Å². The number of ether oxygens (including phenoxy) is 1. The normalized spacial score (nSPS) is 24.7. The van der Waals surface area contributed by atoms with Gasteiger partial charge in [0.1, 0.15) is 11.9 Å². The third-order valence-electron chi connectivity index (χ3n) is 5.60. The third-order valence-corrected chi connectivity index (χ3v) is 5.60. The molecular weight excluding hydrogens is 328 g/mol. The van der Waals surface area contributed by atoms with E-state index in [2.05, 4.69) is 30.0 Å². The second-order valence-electron chi connectivity index (χ2n) is 7.34. The Morgan fingerprint density at radius 1 is 1.23 bits per heavy atom. The van der Waals surface area contributed by atoms with E-state index in [1.54, 1.807) is 6.20 Å². The fraction of sp³-hybridized carbons (Fsp3) is 0.632. The smallest absolute Gasteiger partial charge is 0.151 e. The summed E-state index contributed by atoms with van der Waals surface area (Å²) in [7, 11) is 2.05. The number of nitrogens with zero attached hydrogens (tertiary/aromatic N) is 5. The molecule has 7 nitrogen and oxygen atoms in total. The Hall–Kier alpha value is -1.99. The summed E-state index contributed by atoms with van der Waals surface area (Å²) in [5.41, 5.74) is 0. The Morgan fingerprint density at radius 2 is 2.12 bits per heavy atom. The predicted molar refractivity (Wildman–Crippen MR) is 99.9 cm³/mol. The molecule has 2 fully saturated rings. The number of piperidine rings is 1. The first kappa shape index (κ1) is 17.4. The number of rotatable bonds is 5. The zero-order chi connectivity index (χ0) is 17.8. The second kappa shape index (κ2) is 8.14. The molecular formula is C19H28N6O. The molecule has 0 amide bonds. The number of nitrogens with one attached hydrogen (secondary N) is 1. The van der Waals surface area contributed by atoms with Gasteiger partial charge in [-0.05, 0) is 37.8 Å². The highest BCUT2D eigenvalue weighted by atomic mass is 16.5. The van der Waals surface area contributed by atoms with Crippen molar-refractivity contribution in [1.29, 1.82) is 0 Å². The summed E-state index contributed by atoms with van der Waals surface area (Å²) in [5, 5.41) is 12.0. The lowest BCUT2D eigenvalue weighted by atomic mass is 9.92. The van der Waals surface area contributed by atoms with Crippen molar-refractivity contribution < 1.29 is 4.74 Å². The highest BCUT2D eigenvalue weighted by Crippen LogP contribution is 2.32. The fourth-order valence-corrected chi connectivity index (χ4v) is 4.08. The van der Waals surface area contributed by atoms with Crippen LogP contribution in [-0.2, 0) is 11.8 Å². The second-order valence-corrected chi connectivity index (χ2v) is 7.34. The van der Waals surface area contributed by atoms with Crippen molar-refractivity contribution in [1.82, 2.24) is 25.1 Å². The van der Waals surface area contributed by atoms with Crippen molar-refractivity contribution in [2.24, 2.45) is 13.0 Å². The first-order valence-corrected chi connectivity index (χ1v) is 9.66. The van der Waals surface area contributed by atoms with Crippen molar-refractivity contribution in [3.8, 4) is 0 Å². The summed E-state index contributed by atoms with van der Waals surface area (Å²) in [6.45, 7) is 3.89. The maximum Gasteiger partial charge on any atom is 0.151 e. The monoisotopic (exact) mass is 356 g/mol. The van der Waals surface area contributed by atoms with E-state index in [1.807, 2.05) is 31.6 Å². The molecule has 2 aliphatic heterocycles. The molecule has 140 valence electrons. The Balaban J connectivity index is 1.29. The van der Waals surface area contributed by atoms with Gasteiger partial charge < -0.3 is 19.5 Å². The molecule has 0 radical (unpaired) electrons. The van der Waals surface area contributed by atoms with Gasteiger partial charge in [0.25, 0.3) is 0 Å². The minimum absolute atomic E-state index is 0.107. The average molecular weight is 356 g/mol. The molecule has 2 aromatic rings. The zero-order valence-electron chi connectivity index (χ0n) is 15.4. The lowest BCUT2D eigenvalue weighted by molar-refractivity contribution is -0.0351. The van der Waals surface area contributed by atoms with Crippen LogP contribution in [0.15, 0.2) is 30.7 Å². The fourth-order valence-electron chi connectivity index (χ4n) is 4.08. The molecule has 0 unspecified atom stereocenters. The summed E-state index contributed by atoms with van der Waals surface area (Å²) in [6.07, 6.45) is 10.3. The van der Waals surface area contributed by atoms with Gasteiger partial charge in [-0.3, -0.25) is 0 Å². The van der Waals surface area contributed by atoms with Crippen LogP contribution in [0.3, 0.4) is 0 Å². The molecule has 26 heavy (non-hydrogen) atoms. The van der Waals surface area contributed by atoms with Gasteiger partial charge in [0.05, 0.1) is 0 Å². The van der Waals surface area contributed by atoms with Crippen LogP contribution in [0.5, 0.6) is 0 Å². The topological polar surface area (TPSA) is 68.1 Å². The van der Waals surface area contributed by atoms with Gasteiger partial charge >= 0.3 is 0 Å². The van der Waals surface area contributed by atoms with Gasteiger partial charge in [-0.1, -0.05) is 0 Å². The Morgan fingerprint density at radius 3 is 2.85 bits per heavy atom. The quantitative estimate of drug-likeness (QED) is 0.883. The maximum atomic E-state index is 6.08. The van der Waals surface area contributed by atoms with Crippen LogP contribution in [0.4, 0.5) is 5.82 Å². The van der Waals surface area contributed by atoms with Crippen molar-refractivity contribution >= 4 is 5.82 Å².